The molecule has 0 spiro atoms. The summed E-state index contributed by atoms with van der Waals surface area (Å²) in [6.07, 6.45) is 2.90. The van der Waals surface area contributed by atoms with E-state index in [2.05, 4.69) is 15.0 Å². The minimum absolute atomic E-state index is 0.0496. The Morgan fingerprint density at radius 3 is 2.10 bits per heavy atom. The van der Waals surface area contributed by atoms with Gasteiger partial charge in [-0.05, 0) is 71.7 Å². The Bertz CT molecular complexity index is 1150. The highest BCUT2D eigenvalue weighted by atomic mass is 32.2. The maximum absolute atomic E-state index is 14.4. The van der Waals surface area contributed by atoms with Gasteiger partial charge in [-0.15, -0.1) is 0 Å². The fraction of sp³-hybridized carbons (Fsp3) is 0.552. The summed E-state index contributed by atoms with van der Waals surface area (Å²) in [7, 11) is 0.874. The molecule has 0 atom stereocenters. The SMILES string of the molecule is CC.CCC(=N)C(C)(C)S(=O)(=O)Cc1cc(NC(=O)/C(C)=C(\C)N=C(C=C(C)CC)OC)ccc1F.COC. The third kappa shape index (κ3) is 12.3. The van der Waals surface area contributed by atoms with Crippen LogP contribution in [-0.4, -0.2) is 52.0 Å². The number of allylic oxidation sites excluding steroid dienone is 2. The highest BCUT2D eigenvalue weighted by molar-refractivity contribution is 7.92. The molecule has 1 aromatic carbocycles. The largest absolute Gasteiger partial charge is 0.481 e. The van der Waals surface area contributed by atoms with Gasteiger partial charge in [-0.25, -0.2) is 17.8 Å². The summed E-state index contributed by atoms with van der Waals surface area (Å²) >= 11 is 0. The minimum Gasteiger partial charge on any atom is -0.481 e. The van der Waals surface area contributed by atoms with E-state index in [1.54, 1.807) is 41.1 Å². The van der Waals surface area contributed by atoms with Crippen molar-refractivity contribution in [1.29, 1.82) is 5.41 Å². The third-order valence-corrected chi connectivity index (χ3v) is 8.30. The van der Waals surface area contributed by atoms with E-state index in [1.165, 1.54) is 33.1 Å². The first-order valence-electron chi connectivity index (χ1n) is 12.9. The molecule has 0 saturated carbocycles. The van der Waals surface area contributed by atoms with Crippen molar-refractivity contribution in [2.24, 2.45) is 4.99 Å². The second-order valence-corrected chi connectivity index (χ2v) is 11.5. The Morgan fingerprint density at radius 1 is 1.10 bits per heavy atom. The van der Waals surface area contributed by atoms with Gasteiger partial charge in [-0.1, -0.05) is 33.3 Å². The van der Waals surface area contributed by atoms with Crippen molar-refractivity contribution in [1.82, 2.24) is 0 Å². The number of ether oxygens (including phenoxy) is 2. The van der Waals surface area contributed by atoms with Crippen LogP contribution in [0.15, 0.2) is 46.1 Å². The van der Waals surface area contributed by atoms with Crippen LogP contribution in [0.4, 0.5) is 10.1 Å². The molecule has 39 heavy (non-hydrogen) atoms. The number of carbonyl (C=O) groups is 1. The van der Waals surface area contributed by atoms with Gasteiger partial charge in [0.05, 0.1) is 12.9 Å². The van der Waals surface area contributed by atoms with Crippen LogP contribution in [0.25, 0.3) is 0 Å². The Kier molecular flexibility index (Phi) is 18.1. The van der Waals surface area contributed by atoms with Gasteiger partial charge < -0.3 is 20.2 Å². The van der Waals surface area contributed by atoms with Crippen molar-refractivity contribution in [3.8, 4) is 0 Å². The van der Waals surface area contributed by atoms with Crippen molar-refractivity contribution < 1.29 is 27.1 Å². The number of methoxy groups -OCH3 is 2. The molecule has 1 aromatic rings. The van der Waals surface area contributed by atoms with E-state index in [9.17, 15) is 17.6 Å². The molecule has 8 nitrogen and oxygen atoms in total. The van der Waals surface area contributed by atoms with Gasteiger partial charge >= 0.3 is 0 Å². The lowest BCUT2D eigenvalue weighted by atomic mass is 10.1. The summed E-state index contributed by atoms with van der Waals surface area (Å²) in [5.74, 6) is -1.37. The average Bonchev–Trinajstić information content (AvgIpc) is 2.90. The van der Waals surface area contributed by atoms with Crippen LogP contribution in [0.2, 0.25) is 0 Å². The number of rotatable bonds is 10. The number of benzene rings is 1. The van der Waals surface area contributed by atoms with Crippen LogP contribution in [0.1, 0.15) is 80.7 Å². The topological polar surface area (TPSA) is 118 Å². The monoisotopic (exact) mass is 569 g/mol. The Morgan fingerprint density at radius 2 is 1.64 bits per heavy atom. The first-order valence-corrected chi connectivity index (χ1v) is 14.5. The number of aliphatic imine (C=N–C) groups is 1. The highest BCUT2D eigenvalue weighted by Crippen LogP contribution is 2.26. The molecule has 0 aromatic heterocycles. The average molecular weight is 570 g/mol. The lowest BCUT2D eigenvalue weighted by molar-refractivity contribution is -0.112. The van der Waals surface area contributed by atoms with Gasteiger partial charge in [0.15, 0.2) is 9.84 Å². The van der Waals surface area contributed by atoms with E-state index >= 15 is 0 Å². The number of hydrogen-bond donors (Lipinski definition) is 2. The molecule has 0 aliphatic heterocycles. The van der Waals surface area contributed by atoms with Gasteiger partial charge in [0.25, 0.3) is 5.91 Å². The number of sulfone groups is 1. The molecule has 1 amide bonds. The maximum atomic E-state index is 14.4. The van der Waals surface area contributed by atoms with E-state index in [0.717, 1.165) is 18.1 Å². The molecule has 1 rings (SSSR count). The molecule has 0 saturated heterocycles. The third-order valence-electron chi connectivity index (χ3n) is 5.80. The van der Waals surface area contributed by atoms with Crippen LogP contribution >= 0.6 is 0 Å². The summed E-state index contributed by atoms with van der Waals surface area (Å²) < 4.78 is 48.3. The van der Waals surface area contributed by atoms with Gasteiger partial charge in [0.2, 0.25) is 5.90 Å². The molecular weight excluding hydrogens is 521 g/mol. The summed E-state index contributed by atoms with van der Waals surface area (Å²) in [6, 6.07) is 3.78. The van der Waals surface area contributed by atoms with Gasteiger partial charge in [0, 0.05) is 42.5 Å². The molecule has 2 N–H and O–H groups in total. The van der Waals surface area contributed by atoms with Gasteiger partial charge in [-0.3, -0.25) is 4.79 Å². The molecule has 0 radical (unpaired) electrons. The summed E-state index contributed by atoms with van der Waals surface area (Å²) in [5.41, 5.74) is 2.07. The number of nitrogens with zero attached hydrogens (tertiary/aromatic N) is 1. The van der Waals surface area contributed by atoms with Gasteiger partial charge in [-0.2, -0.15) is 0 Å². The first kappa shape index (κ1) is 38.3. The number of anilines is 1. The Hall–Kier alpha value is -2.85. The quantitative estimate of drug-likeness (QED) is 0.181. The van der Waals surface area contributed by atoms with Crippen LogP contribution in [0, 0.1) is 11.2 Å². The molecule has 0 unspecified atom stereocenters. The van der Waals surface area contributed by atoms with Crippen molar-refractivity contribution in [3.05, 3.63) is 52.5 Å². The van der Waals surface area contributed by atoms with Crippen LogP contribution in [0.3, 0.4) is 0 Å². The minimum atomic E-state index is -3.87. The van der Waals surface area contributed by atoms with Crippen LogP contribution < -0.4 is 5.32 Å². The van der Waals surface area contributed by atoms with E-state index in [1.807, 2.05) is 27.7 Å². The maximum Gasteiger partial charge on any atom is 0.253 e. The van der Waals surface area contributed by atoms with Crippen molar-refractivity contribution >= 4 is 33.0 Å². The fourth-order valence-electron chi connectivity index (χ4n) is 2.85. The summed E-state index contributed by atoms with van der Waals surface area (Å²) in [6.45, 7) is 15.8. The van der Waals surface area contributed by atoms with E-state index in [-0.39, 0.29) is 23.4 Å². The van der Waals surface area contributed by atoms with Crippen LogP contribution in [0.5, 0.6) is 0 Å². The van der Waals surface area contributed by atoms with E-state index in [0.29, 0.717) is 17.2 Å². The van der Waals surface area contributed by atoms with Crippen LogP contribution in [-0.2, 0) is 29.9 Å². The molecule has 222 valence electrons. The van der Waals surface area contributed by atoms with Crippen molar-refractivity contribution in [2.45, 2.75) is 85.7 Å². The van der Waals surface area contributed by atoms with E-state index in [4.69, 9.17) is 10.1 Å². The van der Waals surface area contributed by atoms with E-state index < -0.39 is 32.1 Å². The second-order valence-electron chi connectivity index (χ2n) is 8.98. The Labute approximate surface area is 235 Å². The summed E-state index contributed by atoms with van der Waals surface area (Å²) in [4.78, 5) is 17.1. The number of nitrogens with one attached hydrogen (secondary N) is 2. The molecule has 0 heterocycles. The molecule has 0 aliphatic rings. The first-order chi connectivity index (χ1) is 18.1. The number of carbonyl (C=O) groups excluding carboxylic acids is 1. The number of halogens is 1. The normalized spacial score (nSPS) is 12.7. The standard InChI is InChI=1S/C25H36FN3O4S.C2H6O.C2H6/c1-9-16(3)13-23(33-8)28-18(5)17(4)24(30)29-20-11-12-21(26)19(14-20)15-34(31,32)25(6,7)22(27)10-2;1-3-2;1-2/h11-14,27H,9-10,15H2,1-8H3,(H,29,30);1-2H3;1-2H3/b16-13?,18-17+,27-22?,28-23?;;. The second kappa shape index (κ2) is 18.4. The predicted octanol–water partition coefficient (Wildman–Crippen LogP) is 6.87. The fourth-order valence-corrected chi connectivity index (χ4v) is 4.36. The molecule has 0 fully saturated rings. The van der Waals surface area contributed by atoms with Gasteiger partial charge in [0.1, 0.15) is 10.6 Å². The highest BCUT2D eigenvalue weighted by Gasteiger charge is 2.38. The lowest BCUT2D eigenvalue weighted by Gasteiger charge is -2.25. The number of hydrogen-bond acceptors (Lipinski definition) is 7. The van der Waals surface area contributed by atoms with Crippen molar-refractivity contribution in [3.63, 3.8) is 0 Å². The Balaban J connectivity index is 0. The zero-order chi connectivity index (χ0) is 31.0. The molecule has 10 heteroatoms. The lowest BCUT2D eigenvalue weighted by Crippen LogP contribution is -2.40. The molecular formula is C29H48FN3O5S. The molecule has 0 bridgehead atoms. The smallest absolute Gasteiger partial charge is 0.253 e. The predicted molar refractivity (Wildman–Crippen MR) is 161 cm³/mol. The molecule has 0 aliphatic carbocycles. The number of amides is 1. The zero-order valence-electron chi connectivity index (χ0n) is 25.7. The summed E-state index contributed by atoms with van der Waals surface area (Å²) in [5, 5.41) is 10.7. The van der Waals surface area contributed by atoms with Crippen molar-refractivity contribution in [2.75, 3.05) is 26.6 Å². The zero-order valence-corrected chi connectivity index (χ0v) is 26.5.